The van der Waals surface area contributed by atoms with Gasteiger partial charge in [-0.3, -0.25) is 5.10 Å². The van der Waals surface area contributed by atoms with Crippen molar-refractivity contribution >= 4 is 11.6 Å². The molecule has 23 heavy (non-hydrogen) atoms. The van der Waals surface area contributed by atoms with Gasteiger partial charge in [0.05, 0.1) is 12.7 Å². The van der Waals surface area contributed by atoms with Crippen LogP contribution in [-0.2, 0) is 0 Å². The van der Waals surface area contributed by atoms with Crippen LogP contribution in [0.5, 0.6) is 11.5 Å². The Morgan fingerprint density at radius 2 is 1.87 bits per heavy atom. The molecule has 1 heterocycles. The Kier molecular flexibility index (Phi) is 4.10. The first kappa shape index (κ1) is 14.8. The number of phenols is 1. The molecule has 0 saturated carbocycles. The van der Waals surface area contributed by atoms with E-state index >= 15 is 0 Å². The number of aromatic amines is 1. The van der Waals surface area contributed by atoms with E-state index in [1.54, 1.807) is 25.3 Å². The molecule has 5 nitrogen and oxygen atoms in total. The van der Waals surface area contributed by atoms with E-state index in [0.29, 0.717) is 17.2 Å². The maximum absolute atomic E-state index is 9.88. The minimum absolute atomic E-state index is 0.173. The Hall–Kier alpha value is -3.08. The van der Waals surface area contributed by atoms with Crippen LogP contribution < -0.4 is 4.74 Å². The zero-order valence-corrected chi connectivity index (χ0v) is 12.9. The predicted molar refractivity (Wildman–Crippen MR) is 90.0 cm³/mol. The van der Waals surface area contributed by atoms with Crippen LogP contribution in [0.2, 0.25) is 0 Å². The van der Waals surface area contributed by atoms with Gasteiger partial charge in [0.15, 0.2) is 11.6 Å². The van der Waals surface area contributed by atoms with Crippen LogP contribution in [0.25, 0.3) is 23.0 Å². The van der Waals surface area contributed by atoms with E-state index in [9.17, 15) is 5.11 Å². The number of aromatic nitrogens is 3. The van der Waals surface area contributed by atoms with Gasteiger partial charge in [-0.2, -0.15) is 5.10 Å². The standard InChI is InChI=1S/C18H17N3O2/c1-12(11-13-7-9-14(23-2)10-8-13)17-19-18(21-20-17)15-5-3-4-6-16(15)22/h3-11,22H,1-2H3,(H,19,20,21). The number of allylic oxidation sites excluding steroid dienone is 1. The number of hydrogen-bond acceptors (Lipinski definition) is 4. The molecule has 0 amide bonds. The third-order valence-corrected chi connectivity index (χ3v) is 3.50. The molecule has 0 spiro atoms. The molecule has 2 N–H and O–H groups in total. The molecule has 0 unspecified atom stereocenters. The van der Waals surface area contributed by atoms with Crippen molar-refractivity contribution in [2.45, 2.75) is 6.92 Å². The maximum atomic E-state index is 9.88. The largest absolute Gasteiger partial charge is 0.507 e. The normalized spacial score (nSPS) is 11.5. The second-order valence-corrected chi connectivity index (χ2v) is 5.13. The Bertz CT molecular complexity index is 835. The highest BCUT2D eigenvalue weighted by Crippen LogP contribution is 2.26. The summed E-state index contributed by atoms with van der Waals surface area (Å²) in [6.07, 6.45) is 2.00. The Morgan fingerprint density at radius 1 is 1.13 bits per heavy atom. The van der Waals surface area contributed by atoms with Gasteiger partial charge in [-0.25, -0.2) is 4.98 Å². The molecule has 0 fully saturated rings. The van der Waals surface area contributed by atoms with Crippen LogP contribution in [0.15, 0.2) is 48.5 Å². The Balaban J connectivity index is 1.87. The lowest BCUT2D eigenvalue weighted by Crippen LogP contribution is -1.85. The predicted octanol–water partition coefficient (Wildman–Crippen LogP) is 3.75. The fourth-order valence-electron chi connectivity index (χ4n) is 2.25. The van der Waals surface area contributed by atoms with E-state index in [1.807, 2.05) is 43.3 Å². The molecular formula is C18H17N3O2. The summed E-state index contributed by atoms with van der Waals surface area (Å²) in [4.78, 5) is 4.45. The van der Waals surface area contributed by atoms with E-state index in [1.165, 1.54) is 0 Å². The highest BCUT2D eigenvalue weighted by molar-refractivity contribution is 5.78. The van der Waals surface area contributed by atoms with Crippen molar-refractivity contribution in [3.63, 3.8) is 0 Å². The summed E-state index contributed by atoms with van der Waals surface area (Å²) in [6, 6.07) is 14.8. The molecule has 0 aliphatic carbocycles. The number of nitrogens with one attached hydrogen (secondary N) is 1. The summed E-state index contributed by atoms with van der Waals surface area (Å²) in [5, 5.41) is 17.0. The van der Waals surface area contributed by atoms with Gasteiger partial charge in [0.2, 0.25) is 0 Å². The van der Waals surface area contributed by atoms with E-state index < -0.39 is 0 Å². The summed E-state index contributed by atoms with van der Waals surface area (Å²) in [7, 11) is 1.64. The zero-order chi connectivity index (χ0) is 16.2. The molecule has 5 heteroatoms. The van der Waals surface area contributed by atoms with Crippen molar-refractivity contribution < 1.29 is 9.84 Å². The number of rotatable bonds is 4. The summed E-state index contributed by atoms with van der Waals surface area (Å²) in [6.45, 7) is 1.95. The molecular weight excluding hydrogens is 290 g/mol. The fourth-order valence-corrected chi connectivity index (χ4v) is 2.25. The van der Waals surface area contributed by atoms with Gasteiger partial charge < -0.3 is 9.84 Å². The maximum Gasteiger partial charge on any atom is 0.177 e. The minimum Gasteiger partial charge on any atom is -0.507 e. The Labute approximate surface area is 134 Å². The SMILES string of the molecule is COc1ccc(C=C(C)c2n[nH]c(-c3ccccc3O)n2)cc1. The van der Waals surface area contributed by atoms with Crippen LogP contribution in [0.4, 0.5) is 0 Å². The fraction of sp³-hybridized carbons (Fsp3) is 0.111. The molecule has 0 radical (unpaired) electrons. The summed E-state index contributed by atoms with van der Waals surface area (Å²) in [5.41, 5.74) is 2.59. The van der Waals surface area contributed by atoms with Crippen LogP contribution >= 0.6 is 0 Å². The molecule has 0 bridgehead atoms. The van der Waals surface area contributed by atoms with Gasteiger partial charge in [0, 0.05) is 0 Å². The molecule has 3 aromatic rings. The van der Waals surface area contributed by atoms with Crippen molar-refractivity contribution in [1.82, 2.24) is 15.2 Å². The van der Waals surface area contributed by atoms with Crippen LogP contribution in [0.3, 0.4) is 0 Å². The lowest BCUT2D eigenvalue weighted by Gasteiger charge is -2.00. The molecule has 116 valence electrons. The highest BCUT2D eigenvalue weighted by Gasteiger charge is 2.10. The molecule has 0 aliphatic heterocycles. The quantitative estimate of drug-likeness (QED) is 0.770. The average Bonchev–Trinajstić information content (AvgIpc) is 3.06. The number of benzene rings is 2. The monoisotopic (exact) mass is 307 g/mol. The van der Waals surface area contributed by atoms with Crippen molar-refractivity contribution in [1.29, 1.82) is 0 Å². The zero-order valence-electron chi connectivity index (χ0n) is 12.9. The number of ether oxygens (including phenoxy) is 1. The lowest BCUT2D eigenvalue weighted by atomic mass is 10.1. The van der Waals surface area contributed by atoms with Crippen molar-refractivity contribution in [3.8, 4) is 22.9 Å². The van der Waals surface area contributed by atoms with Crippen LogP contribution in [-0.4, -0.2) is 27.4 Å². The van der Waals surface area contributed by atoms with E-state index in [0.717, 1.165) is 16.9 Å². The third-order valence-electron chi connectivity index (χ3n) is 3.50. The summed E-state index contributed by atoms with van der Waals surface area (Å²) in [5.74, 6) is 2.13. The van der Waals surface area contributed by atoms with Gasteiger partial charge in [-0.05, 0) is 48.4 Å². The minimum atomic E-state index is 0.173. The lowest BCUT2D eigenvalue weighted by molar-refractivity contribution is 0.415. The number of methoxy groups -OCH3 is 1. The second kappa shape index (κ2) is 6.36. The molecule has 3 rings (SSSR count). The van der Waals surface area contributed by atoms with Gasteiger partial charge >= 0.3 is 0 Å². The summed E-state index contributed by atoms with van der Waals surface area (Å²) >= 11 is 0. The van der Waals surface area contributed by atoms with Crippen molar-refractivity contribution in [2.75, 3.05) is 7.11 Å². The topological polar surface area (TPSA) is 71.0 Å². The van der Waals surface area contributed by atoms with Crippen LogP contribution in [0.1, 0.15) is 18.3 Å². The summed E-state index contributed by atoms with van der Waals surface area (Å²) < 4.78 is 5.15. The number of phenolic OH excluding ortho intramolecular Hbond substituents is 1. The first-order chi connectivity index (χ1) is 11.2. The van der Waals surface area contributed by atoms with E-state index in [2.05, 4.69) is 15.2 Å². The van der Waals surface area contributed by atoms with Crippen molar-refractivity contribution in [3.05, 3.63) is 59.9 Å². The van der Waals surface area contributed by atoms with Gasteiger partial charge in [-0.1, -0.05) is 24.3 Å². The smallest absolute Gasteiger partial charge is 0.177 e. The first-order valence-corrected chi connectivity index (χ1v) is 7.21. The number of hydrogen-bond donors (Lipinski definition) is 2. The van der Waals surface area contributed by atoms with Crippen molar-refractivity contribution in [2.24, 2.45) is 0 Å². The third kappa shape index (κ3) is 3.23. The first-order valence-electron chi connectivity index (χ1n) is 7.21. The number of para-hydroxylation sites is 1. The van der Waals surface area contributed by atoms with Gasteiger partial charge in [0.1, 0.15) is 11.5 Å². The molecule has 0 atom stereocenters. The second-order valence-electron chi connectivity index (χ2n) is 5.13. The molecule has 1 aromatic heterocycles. The number of aromatic hydroxyl groups is 1. The van der Waals surface area contributed by atoms with Crippen LogP contribution in [0, 0.1) is 0 Å². The molecule has 0 aliphatic rings. The highest BCUT2D eigenvalue weighted by atomic mass is 16.5. The van der Waals surface area contributed by atoms with E-state index in [-0.39, 0.29) is 5.75 Å². The van der Waals surface area contributed by atoms with E-state index in [4.69, 9.17) is 4.74 Å². The Morgan fingerprint density at radius 3 is 2.57 bits per heavy atom. The van der Waals surface area contributed by atoms with Gasteiger partial charge in [0.25, 0.3) is 0 Å². The molecule has 2 aromatic carbocycles. The average molecular weight is 307 g/mol. The number of H-pyrrole nitrogens is 1. The number of nitrogens with zero attached hydrogens (tertiary/aromatic N) is 2. The van der Waals surface area contributed by atoms with Gasteiger partial charge in [-0.15, -0.1) is 0 Å². The molecule has 0 saturated heterocycles.